The van der Waals surface area contributed by atoms with Gasteiger partial charge in [0.2, 0.25) is 0 Å². The maximum Gasteiger partial charge on any atom is 0.332 e. The highest BCUT2D eigenvalue weighted by atomic mass is 19.1. The minimum atomic E-state index is -0.452. The van der Waals surface area contributed by atoms with E-state index in [2.05, 4.69) is 4.98 Å². The highest BCUT2D eigenvalue weighted by Gasteiger charge is 2.15. The molecular formula is C23H20FN3O2. The van der Waals surface area contributed by atoms with Crippen molar-refractivity contribution in [1.29, 1.82) is 0 Å². The molecule has 146 valence electrons. The molecule has 0 aliphatic carbocycles. The molecule has 0 bridgehead atoms. The van der Waals surface area contributed by atoms with Crippen LogP contribution in [0.25, 0.3) is 11.0 Å². The van der Waals surface area contributed by atoms with Crippen molar-refractivity contribution in [2.75, 3.05) is 0 Å². The molecule has 0 aliphatic heterocycles. The van der Waals surface area contributed by atoms with Gasteiger partial charge in [0, 0.05) is 6.20 Å². The summed E-state index contributed by atoms with van der Waals surface area (Å²) in [5.41, 5.74) is 3.70. The van der Waals surface area contributed by atoms with Crippen molar-refractivity contribution in [1.82, 2.24) is 14.1 Å². The minimum Gasteiger partial charge on any atom is -0.287 e. The van der Waals surface area contributed by atoms with Gasteiger partial charge < -0.3 is 0 Å². The fraction of sp³-hybridized carbons (Fsp3) is 0.174. The fourth-order valence-electron chi connectivity index (χ4n) is 3.45. The molecule has 2 aromatic heterocycles. The molecule has 0 saturated heterocycles. The Balaban J connectivity index is 1.91. The molecule has 2 heterocycles. The largest absolute Gasteiger partial charge is 0.332 e. The summed E-state index contributed by atoms with van der Waals surface area (Å²) in [6.07, 6.45) is 1.54. The summed E-state index contributed by atoms with van der Waals surface area (Å²) in [5.74, 6) is -0.367. The van der Waals surface area contributed by atoms with E-state index in [0.29, 0.717) is 17.6 Å². The van der Waals surface area contributed by atoms with Gasteiger partial charge in [0.1, 0.15) is 5.82 Å². The van der Waals surface area contributed by atoms with Gasteiger partial charge in [0.25, 0.3) is 5.56 Å². The first kappa shape index (κ1) is 18.8. The van der Waals surface area contributed by atoms with E-state index in [1.807, 2.05) is 32.0 Å². The number of hydrogen-bond acceptors (Lipinski definition) is 3. The van der Waals surface area contributed by atoms with E-state index in [4.69, 9.17) is 0 Å². The van der Waals surface area contributed by atoms with Crippen molar-refractivity contribution < 1.29 is 4.39 Å². The van der Waals surface area contributed by atoms with Gasteiger partial charge in [0.15, 0.2) is 5.52 Å². The van der Waals surface area contributed by atoms with E-state index < -0.39 is 11.2 Å². The lowest BCUT2D eigenvalue weighted by atomic mass is 10.1. The number of aryl methyl sites for hydroxylation is 2. The molecule has 0 N–H and O–H groups in total. The number of aromatic nitrogens is 3. The van der Waals surface area contributed by atoms with Gasteiger partial charge >= 0.3 is 5.69 Å². The first-order chi connectivity index (χ1) is 13.9. The summed E-state index contributed by atoms with van der Waals surface area (Å²) in [7, 11) is 0. The van der Waals surface area contributed by atoms with Crippen LogP contribution >= 0.6 is 0 Å². The predicted octanol–water partition coefficient (Wildman–Crippen LogP) is 3.41. The molecule has 4 aromatic rings. The third kappa shape index (κ3) is 3.61. The minimum absolute atomic E-state index is 0.0528. The number of benzene rings is 2. The zero-order valence-corrected chi connectivity index (χ0v) is 16.2. The smallest absolute Gasteiger partial charge is 0.287 e. The summed E-state index contributed by atoms with van der Waals surface area (Å²) in [4.78, 5) is 30.5. The van der Waals surface area contributed by atoms with E-state index >= 15 is 0 Å². The van der Waals surface area contributed by atoms with Gasteiger partial charge in [-0.2, -0.15) is 0 Å². The molecule has 0 amide bonds. The molecule has 2 aromatic carbocycles. The highest BCUT2D eigenvalue weighted by Crippen LogP contribution is 2.14. The molecule has 5 nitrogen and oxygen atoms in total. The molecule has 0 radical (unpaired) electrons. The van der Waals surface area contributed by atoms with E-state index in [-0.39, 0.29) is 17.9 Å². The van der Waals surface area contributed by atoms with Crippen LogP contribution in [0.1, 0.15) is 22.3 Å². The quantitative estimate of drug-likeness (QED) is 0.537. The van der Waals surface area contributed by atoms with Crippen molar-refractivity contribution in [3.05, 3.63) is 110 Å². The van der Waals surface area contributed by atoms with Gasteiger partial charge in [-0.15, -0.1) is 0 Å². The van der Waals surface area contributed by atoms with E-state index in [1.165, 1.54) is 12.1 Å². The van der Waals surface area contributed by atoms with Crippen molar-refractivity contribution in [3.8, 4) is 0 Å². The summed E-state index contributed by atoms with van der Waals surface area (Å²) in [5, 5.41) is 0. The van der Waals surface area contributed by atoms with Gasteiger partial charge in [-0.25, -0.2) is 14.2 Å². The van der Waals surface area contributed by atoms with Crippen LogP contribution in [0.2, 0.25) is 0 Å². The van der Waals surface area contributed by atoms with Gasteiger partial charge in [-0.05, 0) is 54.8 Å². The zero-order chi connectivity index (χ0) is 20.5. The van der Waals surface area contributed by atoms with Crippen LogP contribution in [0, 0.1) is 19.7 Å². The normalized spacial score (nSPS) is 11.1. The van der Waals surface area contributed by atoms with Crippen LogP contribution < -0.4 is 11.2 Å². The highest BCUT2D eigenvalue weighted by molar-refractivity contribution is 5.73. The van der Waals surface area contributed by atoms with Gasteiger partial charge in [-0.1, -0.05) is 35.9 Å². The molecular weight excluding hydrogens is 369 g/mol. The maximum absolute atomic E-state index is 13.3. The Kier molecular flexibility index (Phi) is 4.84. The summed E-state index contributed by atoms with van der Waals surface area (Å²) in [6, 6.07) is 15.3. The van der Waals surface area contributed by atoms with Crippen LogP contribution in [0.3, 0.4) is 0 Å². The molecule has 4 rings (SSSR count). The number of halogens is 1. The fourth-order valence-corrected chi connectivity index (χ4v) is 3.45. The van der Waals surface area contributed by atoms with Crippen LogP contribution in [-0.4, -0.2) is 14.1 Å². The third-order valence-electron chi connectivity index (χ3n) is 5.07. The molecule has 0 aliphatic rings. The second kappa shape index (κ2) is 7.47. The number of pyridine rings is 1. The average molecular weight is 389 g/mol. The maximum atomic E-state index is 13.3. The number of fused-ring (bicyclic) bond motifs is 1. The van der Waals surface area contributed by atoms with Crippen LogP contribution in [0.5, 0.6) is 0 Å². The Morgan fingerprint density at radius 1 is 0.931 bits per heavy atom. The first-order valence-corrected chi connectivity index (χ1v) is 9.33. The van der Waals surface area contributed by atoms with Crippen LogP contribution in [0.15, 0.2) is 70.4 Å². The lowest BCUT2D eigenvalue weighted by Gasteiger charge is -2.15. The van der Waals surface area contributed by atoms with E-state index in [0.717, 1.165) is 21.3 Å². The summed E-state index contributed by atoms with van der Waals surface area (Å²) < 4.78 is 16.0. The zero-order valence-electron chi connectivity index (χ0n) is 16.2. The topological polar surface area (TPSA) is 56.9 Å². The molecule has 0 spiro atoms. The third-order valence-corrected chi connectivity index (χ3v) is 5.07. The summed E-state index contributed by atoms with van der Waals surface area (Å²) in [6.45, 7) is 4.38. The monoisotopic (exact) mass is 389 g/mol. The summed E-state index contributed by atoms with van der Waals surface area (Å²) >= 11 is 0. The first-order valence-electron chi connectivity index (χ1n) is 9.33. The van der Waals surface area contributed by atoms with Crippen LogP contribution in [-0.2, 0) is 13.1 Å². The number of nitrogens with zero attached hydrogens (tertiary/aromatic N) is 3. The van der Waals surface area contributed by atoms with E-state index in [9.17, 15) is 14.0 Å². The Bertz CT molecular complexity index is 1320. The standard InChI is InChI=1S/C23H20FN3O2/c1-15-5-6-16(2)18(12-15)14-26-20-4-3-11-25-21(20)22(28)27(23(26)29)13-17-7-9-19(24)10-8-17/h3-12H,13-14H2,1-2H3. The van der Waals surface area contributed by atoms with Crippen LogP contribution in [0.4, 0.5) is 4.39 Å². The Labute approximate surface area is 166 Å². The Hall–Kier alpha value is -3.54. The van der Waals surface area contributed by atoms with Crippen molar-refractivity contribution in [2.45, 2.75) is 26.9 Å². The predicted molar refractivity (Wildman–Crippen MR) is 111 cm³/mol. The van der Waals surface area contributed by atoms with Crippen molar-refractivity contribution in [2.24, 2.45) is 0 Å². The second-order valence-corrected chi connectivity index (χ2v) is 7.19. The van der Waals surface area contributed by atoms with Crippen molar-refractivity contribution >= 4 is 11.0 Å². The van der Waals surface area contributed by atoms with Gasteiger partial charge in [0.05, 0.1) is 18.6 Å². The van der Waals surface area contributed by atoms with Crippen molar-refractivity contribution in [3.63, 3.8) is 0 Å². The molecule has 6 heteroatoms. The SMILES string of the molecule is Cc1ccc(C)c(Cn2c(=O)n(Cc3ccc(F)cc3)c(=O)c3ncccc32)c1. The Morgan fingerprint density at radius 3 is 2.45 bits per heavy atom. The lowest BCUT2D eigenvalue weighted by Crippen LogP contribution is -2.41. The number of hydrogen-bond donors (Lipinski definition) is 0. The molecule has 0 saturated carbocycles. The number of rotatable bonds is 4. The average Bonchev–Trinajstić information content (AvgIpc) is 2.72. The van der Waals surface area contributed by atoms with Gasteiger partial charge in [-0.3, -0.25) is 13.9 Å². The molecule has 29 heavy (non-hydrogen) atoms. The second-order valence-electron chi connectivity index (χ2n) is 7.19. The molecule has 0 unspecified atom stereocenters. The Morgan fingerprint density at radius 2 is 1.69 bits per heavy atom. The van der Waals surface area contributed by atoms with E-state index in [1.54, 1.807) is 35.0 Å². The lowest BCUT2D eigenvalue weighted by molar-refractivity contribution is 0.619. The molecule has 0 atom stereocenters. The molecule has 0 fully saturated rings.